The van der Waals surface area contributed by atoms with E-state index in [0.29, 0.717) is 18.2 Å². The van der Waals surface area contributed by atoms with E-state index in [4.69, 9.17) is 4.74 Å². The number of nitrogens with one attached hydrogen (secondary N) is 1. The molecule has 3 heterocycles. The molecule has 1 atom stereocenters. The van der Waals surface area contributed by atoms with E-state index < -0.39 is 0 Å². The summed E-state index contributed by atoms with van der Waals surface area (Å²) in [4.78, 5) is 30.9. The fraction of sp³-hybridized carbons (Fsp3) is 0.438. The van der Waals surface area contributed by atoms with Crippen LogP contribution < -0.4 is 5.32 Å². The number of hydrogen-bond acceptors (Lipinski definition) is 7. The zero-order valence-corrected chi connectivity index (χ0v) is 13.6. The monoisotopic (exact) mass is 328 g/mol. The van der Waals surface area contributed by atoms with Gasteiger partial charge in [0.1, 0.15) is 18.2 Å². The van der Waals surface area contributed by atoms with Crippen molar-refractivity contribution in [3.63, 3.8) is 0 Å². The second kappa shape index (κ2) is 7.78. The van der Waals surface area contributed by atoms with Crippen LogP contribution in [0, 0.1) is 0 Å². The third-order valence-electron chi connectivity index (χ3n) is 3.93. The molecular weight excluding hydrogens is 308 g/mol. The molecular formula is C16H20N6O2. The molecule has 0 unspecified atom stereocenters. The molecule has 3 rings (SSSR count). The Morgan fingerprint density at radius 2 is 2.17 bits per heavy atom. The van der Waals surface area contributed by atoms with Crippen molar-refractivity contribution in [3.05, 3.63) is 36.7 Å². The number of amides is 1. The molecule has 0 saturated carbocycles. The number of carbonyl (C=O) groups is 1. The summed E-state index contributed by atoms with van der Waals surface area (Å²) >= 11 is 0. The maximum absolute atomic E-state index is 12.0. The lowest BCUT2D eigenvalue weighted by molar-refractivity contribution is -0.136. The van der Waals surface area contributed by atoms with E-state index in [-0.39, 0.29) is 18.4 Å². The van der Waals surface area contributed by atoms with E-state index in [9.17, 15) is 4.79 Å². The van der Waals surface area contributed by atoms with Gasteiger partial charge in [-0.3, -0.25) is 14.8 Å². The van der Waals surface area contributed by atoms with Crippen LogP contribution in [0.4, 0.5) is 11.6 Å². The second-order valence-corrected chi connectivity index (χ2v) is 5.66. The number of ether oxygens (including phenoxy) is 1. The van der Waals surface area contributed by atoms with Crippen molar-refractivity contribution < 1.29 is 9.53 Å². The van der Waals surface area contributed by atoms with E-state index >= 15 is 0 Å². The second-order valence-electron chi connectivity index (χ2n) is 5.66. The van der Waals surface area contributed by atoms with Gasteiger partial charge in [0, 0.05) is 44.7 Å². The molecule has 2 aromatic rings. The van der Waals surface area contributed by atoms with Crippen LogP contribution >= 0.6 is 0 Å². The van der Waals surface area contributed by atoms with Gasteiger partial charge in [-0.15, -0.1) is 0 Å². The van der Waals surface area contributed by atoms with E-state index in [0.717, 1.165) is 25.1 Å². The summed E-state index contributed by atoms with van der Waals surface area (Å²) in [6.45, 7) is 1.53. The van der Waals surface area contributed by atoms with Gasteiger partial charge in [0.2, 0.25) is 5.91 Å². The van der Waals surface area contributed by atoms with E-state index in [1.807, 2.05) is 4.90 Å². The summed E-state index contributed by atoms with van der Waals surface area (Å²) in [7, 11) is 1.53. The molecule has 8 nitrogen and oxygen atoms in total. The molecule has 0 bridgehead atoms. The van der Waals surface area contributed by atoms with Crippen molar-refractivity contribution in [2.24, 2.45) is 0 Å². The molecule has 0 aliphatic carbocycles. The molecule has 1 fully saturated rings. The summed E-state index contributed by atoms with van der Waals surface area (Å²) < 4.78 is 4.94. The fourth-order valence-corrected chi connectivity index (χ4v) is 2.79. The highest BCUT2D eigenvalue weighted by Crippen LogP contribution is 2.26. The number of methoxy groups -OCH3 is 1. The lowest BCUT2D eigenvalue weighted by Crippen LogP contribution is -2.41. The molecule has 1 amide bonds. The van der Waals surface area contributed by atoms with Gasteiger partial charge in [-0.25, -0.2) is 9.97 Å². The molecule has 1 saturated heterocycles. The van der Waals surface area contributed by atoms with Crippen molar-refractivity contribution >= 4 is 17.5 Å². The van der Waals surface area contributed by atoms with Crippen LogP contribution in [0.15, 0.2) is 31.0 Å². The van der Waals surface area contributed by atoms with Crippen LogP contribution in [0.25, 0.3) is 0 Å². The van der Waals surface area contributed by atoms with Crippen molar-refractivity contribution in [3.8, 4) is 0 Å². The third-order valence-corrected chi connectivity index (χ3v) is 3.93. The molecule has 1 aliphatic rings. The Morgan fingerprint density at radius 3 is 2.96 bits per heavy atom. The Bertz CT molecular complexity index is 681. The first-order chi connectivity index (χ1) is 11.8. The Balaban J connectivity index is 1.70. The van der Waals surface area contributed by atoms with Crippen LogP contribution in [-0.2, 0) is 9.53 Å². The zero-order chi connectivity index (χ0) is 16.8. The fourth-order valence-electron chi connectivity index (χ4n) is 2.79. The first-order valence-corrected chi connectivity index (χ1v) is 7.88. The number of rotatable bonds is 5. The number of likely N-dealkylation sites (tertiary alicyclic amines) is 1. The first-order valence-electron chi connectivity index (χ1n) is 7.88. The highest BCUT2D eigenvalue weighted by molar-refractivity contribution is 5.77. The SMILES string of the molecule is COCC(=O)N1CCC[C@@H](c2cncc(Nc3cnccn3)n2)C1. The highest BCUT2D eigenvalue weighted by atomic mass is 16.5. The number of carbonyl (C=O) groups excluding carboxylic acids is 1. The average Bonchev–Trinajstić information content (AvgIpc) is 2.63. The average molecular weight is 328 g/mol. The maximum Gasteiger partial charge on any atom is 0.248 e. The topological polar surface area (TPSA) is 93.1 Å². The molecule has 0 radical (unpaired) electrons. The molecule has 126 valence electrons. The van der Waals surface area contributed by atoms with Gasteiger partial charge >= 0.3 is 0 Å². The van der Waals surface area contributed by atoms with Gasteiger partial charge < -0.3 is 15.0 Å². The zero-order valence-electron chi connectivity index (χ0n) is 13.6. The molecule has 0 spiro atoms. The number of piperidine rings is 1. The minimum absolute atomic E-state index is 0.0176. The molecule has 0 aromatic carbocycles. The number of hydrogen-bond donors (Lipinski definition) is 1. The predicted molar refractivity (Wildman–Crippen MR) is 87.8 cm³/mol. The predicted octanol–water partition coefficient (Wildman–Crippen LogP) is 1.36. The van der Waals surface area contributed by atoms with E-state index in [2.05, 4.69) is 25.3 Å². The molecule has 2 aromatic heterocycles. The summed E-state index contributed by atoms with van der Waals surface area (Å²) in [5, 5.41) is 3.09. The highest BCUT2D eigenvalue weighted by Gasteiger charge is 2.25. The number of anilines is 2. The minimum atomic E-state index is 0.0176. The van der Waals surface area contributed by atoms with Crippen LogP contribution in [0.5, 0.6) is 0 Å². The van der Waals surface area contributed by atoms with E-state index in [1.165, 1.54) is 7.11 Å². The normalized spacial score (nSPS) is 17.5. The van der Waals surface area contributed by atoms with Gasteiger partial charge in [-0.1, -0.05) is 0 Å². The van der Waals surface area contributed by atoms with Crippen molar-refractivity contribution in [1.29, 1.82) is 0 Å². The van der Waals surface area contributed by atoms with Crippen LogP contribution in [0.2, 0.25) is 0 Å². The van der Waals surface area contributed by atoms with Gasteiger partial charge in [-0.2, -0.15) is 0 Å². The maximum atomic E-state index is 12.0. The lowest BCUT2D eigenvalue weighted by atomic mass is 9.95. The van der Waals surface area contributed by atoms with Crippen LogP contribution in [0.3, 0.4) is 0 Å². The first kappa shape index (κ1) is 16.3. The van der Waals surface area contributed by atoms with Crippen molar-refractivity contribution in [2.45, 2.75) is 18.8 Å². The van der Waals surface area contributed by atoms with Crippen molar-refractivity contribution in [1.82, 2.24) is 24.8 Å². The summed E-state index contributed by atoms with van der Waals surface area (Å²) in [5.74, 6) is 1.43. The van der Waals surface area contributed by atoms with Crippen LogP contribution in [0.1, 0.15) is 24.5 Å². The van der Waals surface area contributed by atoms with Crippen molar-refractivity contribution in [2.75, 3.05) is 32.1 Å². The molecule has 1 N–H and O–H groups in total. The number of aromatic nitrogens is 4. The van der Waals surface area contributed by atoms with Gasteiger partial charge in [0.05, 0.1) is 18.1 Å². The third kappa shape index (κ3) is 4.02. The number of nitrogens with zero attached hydrogens (tertiary/aromatic N) is 5. The summed E-state index contributed by atoms with van der Waals surface area (Å²) in [6, 6.07) is 0. The van der Waals surface area contributed by atoms with Gasteiger partial charge in [0.25, 0.3) is 0 Å². The Morgan fingerprint density at radius 1 is 1.29 bits per heavy atom. The molecule has 1 aliphatic heterocycles. The van der Waals surface area contributed by atoms with Crippen LogP contribution in [-0.4, -0.2) is 57.5 Å². The van der Waals surface area contributed by atoms with Gasteiger partial charge in [0.15, 0.2) is 0 Å². The summed E-state index contributed by atoms with van der Waals surface area (Å²) in [6.07, 6.45) is 10.2. The quantitative estimate of drug-likeness (QED) is 0.885. The summed E-state index contributed by atoms with van der Waals surface area (Å²) in [5.41, 5.74) is 0.874. The van der Waals surface area contributed by atoms with E-state index in [1.54, 1.807) is 31.0 Å². The standard InChI is InChI=1S/C16H20N6O2/c1-24-11-16(23)22-6-2-3-12(10-22)13-7-18-9-15(20-13)21-14-8-17-4-5-19-14/h4-5,7-9,12H,2-3,6,10-11H2,1H3,(H,19,20,21)/t12-/m1/s1. The minimum Gasteiger partial charge on any atom is -0.375 e. The smallest absolute Gasteiger partial charge is 0.248 e. The van der Waals surface area contributed by atoms with Gasteiger partial charge in [-0.05, 0) is 12.8 Å². The Hall–Kier alpha value is -2.61. The Labute approximate surface area is 140 Å². The molecule has 24 heavy (non-hydrogen) atoms. The Kier molecular flexibility index (Phi) is 5.27. The molecule has 8 heteroatoms. The largest absolute Gasteiger partial charge is 0.375 e. The lowest BCUT2D eigenvalue weighted by Gasteiger charge is -2.32.